The lowest BCUT2D eigenvalue weighted by atomic mass is 9.82. The Balaban J connectivity index is 3.22. The van der Waals surface area contributed by atoms with Gasteiger partial charge < -0.3 is 10.6 Å². The van der Waals surface area contributed by atoms with E-state index in [2.05, 4.69) is 41.4 Å². The molecule has 0 fully saturated rings. The lowest BCUT2D eigenvalue weighted by molar-refractivity contribution is -0.385. The van der Waals surface area contributed by atoms with Crippen LogP contribution in [0.2, 0.25) is 0 Å². The van der Waals surface area contributed by atoms with E-state index in [1.54, 1.807) is 14.0 Å². The summed E-state index contributed by atoms with van der Waals surface area (Å²) in [6, 6.07) is 0. The van der Waals surface area contributed by atoms with Crippen molar-refractivity contribution in [1.82, 2.24) is 9.97 Å². The molecule has 1 aromatic rings. The second-order valence-corrected chi connectivity index (χ2v) is 7.08. The summed E-state index contributed by atoms with van der Waals surface area (Å²) in [7, 11) is 1.69. The van der Waals surface area contributed by atoms with E-state index in [0.29, 0.717) is 11.6 Å². The number of nitrogens with zero attached hydrogens (tertiary/aromatic N) is 3. The summed E-state index contributed by atoms with van der Waals surface area (Å²) in [5, 5.41) is 17.3. The van der Waals surface area contributed by atoms with Gasteiger partial charge in [0.05, 0.1) is 4.92 Å². The third-order valence-electron chi connectivity index (χ3n) is 2.89. The Morgan fingerprint density at radius 2 is 1.76 bits per heavy atom. The van der Waals surface area contributed by atoms with Gasteiger partial charge in [-0.3, -0.25) is 10.1 Å². The number of nitrogens with one attached hydrogen (secondary N) is 2. The van der Waals surface area contributed by atoms with Crippen molar-refractivity contribution in [2.24, 2.45) is 5.41 Å². The molecule has 2 N–H and O–H groups in total. The van der Waals surface area contributed by atoms with E-state index >= 15 is 0 Å². The Kier molecular flexibility index (Phi) is 4.76. The normalized spacial score (nSPS) is 12.1. The molecule has 0 amide bonds. The molecule has 1 rings (SSSR count). The largest absolute Gasteiger partial charge is 0.359 e. The minimum atomic E-state index is -0.440. The van der Waals surface area contributed by atoms with Crippen LogP contribution in [0.25, 0.3) is 0 Å². The van der Waals surface area contributed by atoms with Crippen molar-refractivity contribution >= 4 is 17.5 Å². The molecule has 0 spiro atoms. The highest BCUT2D eigenvalue weighted by molar-refractivity contribution is 5.61. The molecule has 0 atom stereocenters. The van der Waals surface area contributed by atoms with Crippen molar-refractivity contribution in [3.05, 3.63) is 15.8 Å². The minimum Gasteiger partial charge on any atom is -0.359 e. The summed E-state index contributed by atoms with van der Waals surface area (Å²) in [4.78, 5) is 19.1. The van der Waals surface area contributed by atoms with Crippen molar-refractivity contribution in [3.8, 4) is 0 Å². The van der Waals surface area contributed by atoms with Crippen LogP contribution >= 0.6 is 0 Å². The van der Waals surface area contributed by atoms with Gasteiger partial charge in [-0.1, -0.05) is 20.8 Å². The fourth-order valence-corrected chi connectivity index (χ4v) is 2.68. The van der Waals surface area contributed by atoms with Gasteiger partial charge in [0.25, 0.3) is 0 Å². The molecule has 118 valence electrons. The lowest BCUT2D eigenvalue weighted by Crippen LogP contribution is -2.36. The van der Waals surface area contributed by atoms with Gasteiger partial charge in [0.15, 0.2) is 0 Å². The zero-order chi connectivity index (χ0) is 16.4. The van der Waals surface area contributed by atoms with Gasteiger partial charge in [-0.05, 0) is 32.6 Å². The highest BCUT2D eigenvalue weighted by Crippen LogP contribution is 2.33. The highest BCUT2D eigenvalue weighted by Gasteiger charge is 2.30. The van der Waals surface area contributed by atoms with E-state index in [4.69, 9.17) is 0 Å². The molecular weight excluding hydrogens is 270 g/mol. The third-order valence-corrected chi connectivity index (χ3v) is 2.89. The Morgan fingerprint density at radius 3 is 2.19 bits per heavy atom. The summed E-state index contributed by atoms with van der Waals surface area (Å²) in [5.74, 6) is 0.623. The number of nitro groups is 1. The smallest absolute Gasteiger partial charge is 0.332 e. The molecule has 1 heterocycles. The second kappa shape index (κ2) is 5.83. The quantitative estimate of drug-likeness (QED) is 0.639. The molecule has 0 bridgehead atoms. The first-order valence-electron chi connectivity index (χ1n) is 6.94. The van der Waals surface area contributed by atoms with Crippen LogP contribution in [-0.2, 0) is 0 Å². The Bertz CT molecular complexity index is 535. The molecule has 0 aliphatic carbocycles. The van der Waals surface area contributed by atoms with E-state index in [9.17, 15) is 10.1 Å². The molecule has 0 aliphatic heterocycles. The molecule has 21 heavy (non-hydrogen) atoms. The molecule has 7 nitrogen and oxygen atoms in total. The third kappa shape index (κ3) is 4.84. The molecule has 0 aliphatic rings. The molecule has 0 aromatic carbocycles. The van der Waals surface area contributed by atoms with E-state index in [0.717, 1.165) is 6.42 Å². The summed E-state index contributed by atoms with van der Waals surface area (Å²) in [6.07, 6.45) is 0.842. The summed E-state index contributed by atoms with van der Waals surface area (Å²) < 4.78 is 0. The van der Waals surface area contributed by atoms with Gasteiger partial charge in [-0.15, -0.1) is 0 Å². The topological polar surface area (TPSA) is 93.0 Å². The highest BCUT2D eigenvalue weighted by atomic mass is 16.6. The predicted molar refractivity (Wildman–Crippen MR) is 84.7 cm³/mol. The molecule has 0 saturated carbocycles. The first-order chi connectivity index (χ1) is 9.45. The van der Waals surface area contributed by atoms with E-state index in [1.807, 2.05) is 13.8 Å². The maximum atomic E-state index is 11.3. The maximum Gasteiger partial charge on any atom is 0.332 e. The van der Waals surface area contributed by atoms with Gasteiger partial charge in [0.1, 0.15) is 5.69 Å². The van der Waals surface area contributed by atoms with Crippen molar-refractivity contribution < 1.29 is 4.92 Å². The zero-order valence-corrected chi connectivity index (χ0v) is 13.9. The number of aryl methyl sites for hydroxylation is 1. The average Bonchev–Trinajstić information content (AvgIpc) is 2.23. The van der Waals surface area contributed by atoms with Crippen molar-refractivity contribution in [2.45, 2.75) is 53.5 Å². The van der Waals surface area contributed by atoms with Crippen LogP contribution in [0.15, 0.2) is 0 Å². The van der Waals surface area contributed by atoms with Crippen LogP contribution in [0.4, 0.5) is 17.5 Å². The van der Waals surface area contributed by atoms with Crippen LogP contribution < -0.4 is 10.6 Å². The molecule has 0 radical (unpaired) electrons. The van der Waals surface area contributed by atoms with Crippen molar-refractivity contribution in [2.75, 3.05) is 17.7 Å². The summed E-state index contributed by atoms with van der Waals surface area (Å²) >= 11 is 0. The SMILES string of the molecule is CNc1nc(C)c([N+](=O)[O-])c(NC(C)(C)CC(C)(C)C)n1. The van der Waals surface area contributed by atoms with Gasteiger partial charge in [-0.2, -0.15) is 4.98 Å². The fraction of sp³-hybridized carbons (Fsp3) is 0.714. The second-order valence-electron chi connectivity index (χ2n) is 7.08. The minimum absolute atomic E-state index is 0.0732. The molecule has 0 unspecified atom stereocenters. The van der Waals surface area contributed by atoms with Crippen LogP contribution in [0.3, 0.4) is 0 Å². The van der Waals surface area contributed by atoms with Gasteiger partial charge >= 0.3 is 5.69 Å². The van der Waals surface area contributed by atoms with Crippen LogP contribution in [-0.4, -0.2) is 27.5 Å². The van der Waals surface area contributed by atoms with Gasteiger partial charge in [0, 0.05) is 12.6 Å². The Labute approximate surface area is 125 Å². The summed E-state index contributed by atoms with van der Waals surface area (Å²) in [5.41, 5.74) is 0.0398. The molecule has 7 heteroatoms. The molecule has 0 saturated heterocycles. The van der Waals surface area contributed by atoms with E-state index in [1.165, 1.54) is 0 Å². The van der Waals surface area contributed by atoms with Crippen LogP contribution in [0.5, 0.6) is 0 Å². The van der Waals surface area contributed by atoms with E-state index in [-0.39, 0.29) is 22.5 Å². The van der Waals surface area contributed by atoms with Gasteiger partial charge in [-0.25, -0.2) is 4.98 Å². The molecule has 1 aromatic heterocycles. The monoisotopic (exact) mass is 295 g/mol. The first kappa shape index (κ1) is 17.1. The first-order valence-corrected chi connectivity index (χ1v) is 6.94. The lowest BCUT2D eigenvalue weighted by Gasteiger charge is -2.33. The van der Waals surface area contributed by atoms with E-state index < -0.39 is 4.92 Å². The number of hydrogen-bond donors (Lipinski definition) is 2. The van der Waals surface area contributed by atoms with Crippen LogP contribution in [0, 0.1) is 22.5 Å². The predicted octanol–water partition coefficient (Wildman–Crippen LogP) is 3.36. The number of hydrogen-bond acceptors (Lipinski definition) is 6. The summed E-state index contributed by atoms with van der Waals surface area (Å²) in [6.45, 7) is 12.0. The van der Waals surface area contributed by atoms with Crippen molar-refractivity contribution in [1.29, 1.82) is 0 Å². The standard InChI is InChI=1S/C14H25N5O2/c1-9-10(19(20)21)11(17-12(15-7)16-9)18-14(5,6)8-13(2,3)4/h8H2,1-7H3,(H2,15,16,17,18). The number of aromatic nitrogens is 2. The Morgan fingerprint density at radius 1 is 1.19 bits per heavy atom. The Hall–Kier alpha value is -1.92. The number of anilines is 2. The average molecular weight is 295 g/mol. The fourth-order valence-electron chi connectivity index (χ4n) is 2.68. The maximum absolute atomic E-state index is 11.3. The van der Waals surface area contributed by atoms with Crippen molar-refractivity contribution in [3.63, 3.8) is 0 Å². The van der Waals surface area contributed by atoms with Gasteiger partial charge in [0.2, 0.25) is 11.8 Å². The van der Waals surface area contributed by atoms with Crippen LogP contribution in [0.1, 0.15) is 46.7 Å². The zero-order valence-electron chi connectivity index (χ0n) is 13.9. The number of rotatable bonds is 5. The molecular formula is C14H25N5O2.